The summed E-state index contributed by atoms with van der Waals surface area (Å²) >= 11 is 0. The van der Waals surface area contributed by atoms with Gasteiger partial charge < -0.3 is 14.6 Å². The zero-order chi connectivity index (χ0) is 37.2. The Hall–Kier alpha value is -6.38. The Kier molecular flexibility index (Phi) is 9.86. The zero-order valence-electron chi connectivity index (χ0n) is 28.0. The lowest BCUT2D eigenvalue weighted by Crippen LogP contribution is -2.25. The number of H-pyrrole nitrogens is 2. The topological polar surface area (TPSA) is 152 Å². The summed E-state index contributed by atoms with van der Waals surface area (Å²) in [6.45, 7) is 3.44. The van der Waals surface area contributed by atoms with Gasteiger partial charge in [0.25, 0.3) is 17.1 Å². The average Bonchev–Trinajstić information content (AvgIpc) is 3.65. The molecule has 7 aromatic rings. The van der Waals surface area contributed by atoms with Crippen molar-refractivity contribution in [3.05, 3.63) is 154 Å². The standard InChI is InChI=1S/C31H23F2N5O3.C7H8O3S/c1-18-27(31(40)38(37(18)2)22-11-8-20(32)9-12-22)30(39)36-21-10-13-25(24(33)16-21)41-26-14-15-34-29-28(26)23(17-35-29)19-6-4-3-5-7-19;1-6-2-4-7(5-3-6)11(8,9)10/h3-17H,1-2H3,(H,34,35)(H,36,39);2-5H,1H3,(H,8,9,10). The number of fused-ring (bicyclic) bond motifs is 1. The molecule has 1 amide bonds. The molecule has 0 unspecified atom stereocenters. The minimum atomic E-state index is -4.27. The second-order valence-electron chi connectivity index (χ2n) is 11.7. The van der Waals surface area contributed by atoms with E-state index in [9.17, 15) is 27.0 Å². The lowest BCUT2D eigenvalue weighted by molar-refractivity contribution is -0.347. The second kappa shape index (κ2) is 14.5. The average molecular weight is 724 g/mol. The Morgan fingerprint density at radius 2 is 1.60 bits per heavy atom. The Labute approximate surface area is 296 Å². The first kappa shape index (κ1) is 35.4. The normalized spacial score (nSPS) is 11.2. The van der Waals surface area contributed by atoms with Crippen LogP contribution in [0.4, 0.5) is 14.5 Å². The van der Waals surface area contributed by atoms with Crippen LogP contribution in [0.25, 0.3) is 27.8 Å². The fourth-order valence-electron chi connectivity index (χ4n) is 5.53. The van der Waals surface area contributed by atoms with Gasteiger partial charge in [-0.1, -0.05) is 48.0 Å². The molecule has 7 rings (SSSR count). The molecule has 4 aromatic carbocycles. The molecule has 0 saturated carbocycles. The van der Waals surface area contributed by atoms with Gasteiger partial charge in [0.05, 0.1) is 28.7 Å². The Balaban J connectivity index is 0.000000362. The summed E-state index contributed by atoms with van der Waals surface area (Å²) < 4.78 is 68.5. The minimum Gasteiger partial charge on any atom is -0.744 e. The summed E-state index contributed by atoms with van der Waals surface area (Å²) in [7, 11) is -2.65. The maximum Gasteiger partial charge on any atom is 0.288 e. The van der Waals surface area contributed by atoms with Crippen LogP contribution in [0.15, 0.2) is 125 Å². The molecule has 3 heterocycles. The van der Waals surface area contributed by atoms with Crippen molar-refractivity contribution in [3.8, 4) is 28.3 Å². The number of aryl methyl sites for hydroxylation is 1. The molecule has 0 spiro atoms. The van der Waals surface area contributed by atoms with Gasteiger partial charge in [-0.25, -0.2) is 31.8 Å². The SMILES string of the molecule is Cc1c(C(=O)Nc2ccc(Oc3cc[nH+]c4[nH]cc(-c5ccccc5)c34)c(F)c2)c(=O)n(-c2ccc(F)cc2)n1C.Cc1ccc(S(=O)(=O)[O-])cc1. The third kappa shape index (κ3) is 7.38. The highest BCUT2D eigenvalue weighted by atomic mass is 32.2. The van der Waals surface area contributed by atoms with Gasteiger partial charge in [0.15, 0.2) is 11.6 Å². The summed E-state index contributed by atoms with van der Waals surface area (Å²) in [5, 5.41) is 3.35. The molecule has 0 atom stereocenters. The van der Waals surface area contributed by atoms with Crippen molar-refractivity contribution in [2.24, 2.45) is 7.05 Å². The molecule has 0 aliphatic rings. The number of anilines is 1. The molecular formula is C38H31F2N5O6S. The van der Waals surface area contributed by atoms with Crippen LogP contribution in [0.1, 0.15) is 21.6 Å². The third-order valence-electron chi connectivity index (χ3n) is 8.24. The number of nitrogens with zero attached hydrogens (tertiary/aromatic N) is 2. The van der Waals surface area contributed by atoms with Gasteiger partial charge >= 0.3 is 0 Å². The van der Waals surface area contributed by atoms with Crippen molar-refractivity contribution in [1.29, 1.82) is 0 Å². The van der Waals surface area contributed by atoms with Gasteiger partial charge in [-0.3, -0.25) is 14.3 Å². The number of carbonyl (C=O) groups excluding carboxylic acids is 1. The van der Waals surface area contributed by atoms with Gasteiger partial charge in [-0.05, 0) is 67.9 Å². The number of aromatic nitrogens is 4. The number of hydrogen-bond donors (Lipinski definition) is 2. The fourth-order valence-corrected chi connectivity index (χ4v) is 6.00. The number of halogens is 2. The van der Waals surface area contributed by atoms with Gasteiger partial charge in [0.2, 0.25) is 0 Å². The van der Waals surface area contributed by atoms with E-state index in [0.717, 1.165) is 33.8 Å². The van der Waals surface area contributed by atoms with Crippen molar-refractivity contribution >= 4 is 32.7 Å². The lowest BCUT2D eigenvalue weighted by atomic mass is 10.1. The summed E-state index contributed by atoms with van der Waals surface area (Å²) in [5.41, 5.74) is 3.75. The monoisotopic (exact) mass is 723 g/mol. The van der Waals surface area contributed by atoms with Crippen LogP contribution in [0, 0.1) is 25.5 Å². The van der Waals surface area contributed by atoms with Gasteiger partial charge in [0.1, 0.15) is 32.6 Å². The maximum atomic E-state index is 15.2. The fraction of sp³-hybridized carbons (Fsp3) is 0.0789. The highest BCUT2D eigenvalue weighted by molar-refractivity contribution is 7.85. The predicted molar refractivity (Wildman–Crippen MR) is 190 cm³/mol. The van der Waals surface area contributed by atoms with Gasteiger partial charge in [-0.2, -0.15) is 0 Å². The molecule has 0 aliphatic carbocycles. The molecule has 0 radical (unpaired) electrons. The molecule has 0 fully saturated rings. The van der Waals surface area contributed by atoms with Crippen LogP contribution < -0.4 is 20.6 Å². The number of pyridine rings is 1. The lowest BCUT2D eigenvalue weighted by Gasteiger charge is -2.10. The quantitative estimate of drug-likeness (QED) is 0.175. The zero-order valence-corrected chi connectivity index (χ0v) is 28.8. The van der Waals surface area contributed by atoms with Crippen molar-refractivity contribution < 1.29 is 36.3 Å². The van der Waals surface area contributed by atoms with E-state index in [2.05, 4.69) is 15.3 Å². The van der Waals surface area contributed by atoms with Crippen molar-refractivity contribution in [2.75, 3.05) is 5.32 Å². The summed E-state index contributed by atoms with van der Waals surface area (Å²) in [5.74, 6) is -1.44. The molecule has 0 bridgehead atoms. The van der Waals surface area contributed by atoms with Crippen LogP contribution >= 0.6 is 0 Å². The van der Waals surface area contributed by atoms with Crippen LogP contribution in [-0.2, 0) is 17.2 Å². The molecule has 14 heteroatoms. The molecule has 0 saturated heterocycles. The van der Waals surface area contributed by atoms with Crippen molar-refractivity contribution in [2.45, 2.75) is 18.7 Å². The highest BCUT2D eigenvalue weighted by Gasteiger charge is 2.23. The number of rotatable bonds is 7. The van der Waals surface area contributed by atoms with Crippen LogP contribution in [0.2, 0.25) is 0 Å². The van der Waals surface area contributed by atoms with E-state index in [4.69, 9.17) is 4.74 Å². The Morgan fingerprint density at radius 3 is 2.25 bits per heavy atom. The molecule has 0 aliphatic heterocycles. The largest absolute Gasteiger partial charge is 0.744 e. The maximum absolute atomic E-state index is 15.2. The van der Waals surface area contributed by atoms with E-state index in [-0.39, 0.29) is 21.9 Å². The number of hydrogen-bond acceptors (Lipinski definition) is 6. The van der Waals surface area contributed by atoms with Crippen LogP contribution in [0.5, 0.6) is 11.5 Å². The smallest absolute Gasteiger partial charge is 0.288 e. The van der Waals surface area contributed by atoms with Gasteiger partial charge in [-0.15, -0.1) is 0 Å². The molecule has 3 aromatic heterocycles. The first-order valence-electron chi connectivity index (χ1n) is 15.7. The number of amides is 1. The first-order chi connectivity index (χ1) is 24.8. The van der Waals surface area contributed by atoms with Crippen LogP contribution in [-0.4, -0.2) is 33.2 Å². The number of aromatic amines is 2. The summed E-state index contributed by atoms with van der Waals surface area (Å²) in [4.78, 5) is 32.4. The van der Waals surface area contributed by atoms with E-state index >= 15 is 4.39 Å². The summed E-state index contributed by atoms with van der Waals surface area (Å²) in [6.07, 6.45) is 3.55. The predicted octanol–water partition coefficient (Wildman–Crippen LogP) is 6.67. The number of ether oxygens (including phenoxy) is 1. The van der Waals surface area contributed by atoms with E-state index < -0.39 is 33.2 Å². The van der Waals surface area contributed by atoms with E-state index in [1.165, 1.54) is 57.9 Å². The molecular weight excluding hydrogens is 693 g/mol. The van der Waals surface area contributed by atoms with Crippen LogP contribution in [0.3, 0.4) is 0 Å². The third-order valence-corrected chi connectivity index (χ3v) is 9.09. The number of benzene rings is 4. The summed E-state index contributed by atoms with van der Waals surface area (Å²) in [6, 6.07) is 26.6. The molecule has 264 valence electrons. The molecule has 3 N–H and O–H groups in total. The Morgan fingerprint density at radius 1 is 0.904 bits per heavy atom. The number of carbonyl (C=O) groups is 1. The first-order valence-corrected chi connectivity index (χ1v) is 17.2. The number of nitrogens with one attached hydrogen (secondary N) is 3. The van der Waals surface area contributed by atoms with E-state index in [1.54, 1.807) is 38.4 Å². The molecule has 52 heavy (non-hydrogen) atoms. The van der Waals surface area contributed by atoms with E-state index in [1.807, 2.05) is 43.5 Å². The Bertz CT molecular complexity index is 2580. The van der Waals surface area contributed by atoms with E-state index in [0.29, 0.717) is 17.1 Å². The van der Waals surface area contributed by atoms with Gasteiger partial charge in [0, 0.05) is 30.4 Å². The van der Waals surface area contributed by atoms with Crippen molar-refractivity contribution in [3.63, 3.8) is 0 Å². The molecule has 11 nitrogen and oxygen atoms in total. The minimum absolute atomic E-state index is 0.0368. The highest BCUT2D eigenvalue weighted by Crippen LogP contribution is 2.36. The van der Waals surface area contributed by atoms with Crippen molar-refractivity contribution in [1.82, 2.24) is 14.3 Å². The second-order valence-corrected chi connectivity index (χ2v) is 13.1.